The quantitative estimate of drug-likeness (QED) is 0.521. The Kier molecular flexibility index (Phi) is 7.83. The van der Waals surface area contributed by atoms with Crippen LogP contribution in [-0.4, -0.2) is 81.9 Å². The van der Waals surface area contributed by atoms with Crippen LogP contribution >= 0.6 is 0 Å². The third-order valence-corrected chi connectivity index (χ3v) is 7.30. The average Bonchev–Trinajstić information content (AvgIpc) is 2.95. The molecule has 1 fully saturated rings. The van der Waals surface area contributed by atoms with Crippen molar-refractivity contribution in [1.29, 1.82) is 0 Å². The van der Waals surface area contributed by atoms with Gasteiger partial charge in [0.05, 0.1) is 19.8 Å². The fraction of sp³-hybridized carbons (Fsp3) is 0.464. The van der Waals surface area contributed by atoms with Gasteiger partial charge in [-0.15, -0.1) is 0 Å². The van der Waals surface area contributed by atoms with Crippen molar-refractivity contribution in [2.24, 2.45) is 0 Å². The molecule has 0 aliphatic carbocycles. The summed E-state index contributed by atoms with van der Waals surface area (Å²) in [5.74, 6) is 1.82. The number of esters is 1. The second-order valence-electron chi connectivity index (χ2n) is 9.56. The number of anilines is 1. The maximum absolute atomic E-state index is 12.3. The van der Waals surface area contributed by atoms with Crippen LogP contribution in [0.4, 0.5) is 5.69 Å². The van der Waals surface area contributed by atoms with Gasteiger partial charge in [-0.1, -0.05) is 6.07 Å². The average molecular weight is 510 g/mol. The van der Waals surface area contributed by atoms with E-state index in [1.54, 1.807) is 13.2 Å². The van der Waals surface area contributed by atoms with Crippen molar-refractivity contribution in [2.45, 2.75) is 31.7 Å². The van der Waals surface area contributed by atoms with Crippen molar-refractivity contribution in [3.8, 4) is 17.2 Å². The second-order valence-corrected chi connectivity index (χ2v) is 9.56. The van der Waals surface area contributed by atoms with Crippen LogP contribution in [0.2, 0.25) is 0 Å². The maximum atomic E-state index is 12.3. The van der Waals surface area contributed by atoms with Crippen molar-refractivity contribution in [3.63, 3.8) is 0 Å². The number of aliphatic hydroxyl groups is 1. The third-order valence-electron chi connectivity index (χ3n) is 7.30. The molecule has 37 heavy (non-hydrogen) atoms. The Morgan fingerprint density at radius 1 is 1.05 bits per heavy atom. The molecule has 0 saturated carbocycles. The summed E-state index contributed by atoms with van der Waals surface area (Å²) in [6, 6.07) is 12.2. The van der Waals surface area contributed by atoms with Gasteiger partial charge in [-0.05, 0) is 67.4 Å². The first-order chi connectivity index (χ1) is 18.1. The summed E-state index contributed by atoms with van der Waals surface area (Å²) in [5.41, 5.74) is 3.13. The Bertz CT molecular complexity index is 1140. The highest BCUT2D eigenvalue weighted by Crippen LogP contribution is 2.35. The molecule has 5 rings (SSSR count). The summed E-state index contributed by atoms with van der Waals surface area (Å²) in [7, 11) is 2.95. The zero-order chi connectivity index (χ0) is 25.8. The summed E-state index contributed by atoms with van der Waals surface area (Å²) < 4.78 is 21.6. The van der Waals surface area contributed by atoms with Crippen LogP contribution in [-0.2, 0) is 16.1 Å². The van der Waals surface area contributed by atoms with Crippen molar-refractivity contribution in [1.82, 2.24) is 10.2 Å². The number of fused-ring (bicyclic) bond motifs is 2. The number of likely N-dealkylation sites (tertiary alicyclic amines) is 1. The molecule has 2 N–H and O–H groups in total. The molecule has 2 aromatic rings. The van der Waals surface area contributed by atoms with Crippen LogP contribution in [0.1, 0.15) is 24.0 Å². The fourth-order valence-electron chi connectivity index (χ4n) is 5.16. The van der Waals surface area contributed by atoms with E-state index in [0.29, 0.717) is 31.5 Å². The smallest absolute Gasteiger partial charge is 0.338 e. The molecule has 0 radical (unpaired) electrons. The van der Waals surface area contributed by atoms with Gasteiger partial charge in [-0.25, -0.2) is 4.79 Å². The van der Waals surface area contributed by atoms with Gasteiger partial charge in [0.1, 0.15) is 19.0 Å². The molecule has 0 aromatic heterocycles. The van der Waals surface area contributed by atoms with Crippen molar-refractivity contribution < 1.29 is 28.8 Å². The molecule has 198 valence electrons. The lowest BCUT2D eigenvalue weighted by molar-refractivity contribution is -0.137. The van der Waals surface area contributed by atoms with Crippen LogP contribution in [0.5, 0.6) is 17.2 Å². The number of nitrogens with one attached hydrogen (secondary N) is 1. The minimum Gasteiger partial charge on any atom is -0.497 e. The van der Waals surface area contributed by atoms with Gasteiger partial charge in [0.15, 0.2) is 17.7 Å². The number of piperidine rings is 1. The van der Waals surface area contributed by atoms with E-state index >= 15 is 0 Å². The van der Waals surface area contributed by atoms with Gasteiger partial charge in [0.25, 0.3) is 0 Å². The molecular formula is C28H35N3O6. The highest BCUT2D eigenvalue weighted by atomic mass is 16.6. The highest BCUT2D eigenvalue weighted by Gasteiger charge is 2.32. The normalized spacial score (nSPS) is 19.7. The molecule has 3 aliphatic heterocycles. The molecule has 3 heterocycles. The number of benzene rings is 2. The first kappa shape index (κ1) is 25.4. The minimum absolute atomic E-state index is 0.238. The van der Waals surface area contributed by atoms with Gasteiger partial charge < -0.3 is 39.2 Å². The first-order valence-electron chi connectivity index (χ1n) is 12.8. The van der Waals surface area contributed by atoms with E-state index in [1.807, 2.05) is 29.2 Å². The third kappa shape index (κ3) is 5.69. The Hall–Kier alpha value is -3.27. The van der Waals surface area contributed by atoms with E-state index in [4.69, 9.17) is 18.9 Å². The standard InChI is InChI=1S/C28H35N3O6/c1-34-22-5-4-20-16-23(28(33)35-2)27(32)31(24(20)17-22)12-11-30-9-7-21(8-10-30)29-18-19-3-6-25-26(15-19)37-14-13-36-25/h3-6,15-17,21,27,29,32H,7-14,18H2,1-2H3. The number of hydrogen-bond donors (Lipinski definition) is 2. The number of aliphatic hydroxyl groups excluding tert-OH is 1. The zero-order valence-corrected chi connectivity index (χ0v) is 21.4. The predicted octanol–water partition coefficient (Wildman–Crippen LogP) is 2.42. The van der Waals surface area contributed by atoms with Crippen LogP contribution in [0.15, 0.2) is 42.0 Å². The number of methoxy groups -OCH3 is 2. The molecule has 3 aliphatic rings. The summed E-state index contributed by atoms with van der Waals surface area (Å²) in [5, 5.41) is 14.7. The van der Waals surface area contributed by atoms with Crippen LogP contribution < -0.4 is 24.4 Å². The topological polar surface area (TPSA) is 92.7 Å². The Labute approximate surface area is 217 Å². The lowest BCUT2D eigenvalue weighted by Gasteiger charge is -2.38. The van der Waals surface area contributed by atoms with Gasteiger partial charge in [-0.2, -0.15) is 0 Å². The number of nitrogens with zero attached hydrogens (tertiary/aromatic N) is 2. The van der Waals surface area contributed by atoms with E-state index in [1.165, 1.54) is 12.7 Å². The van der Waals surface area contributed by atoms with Gasteiger partial charge in [0.2, 0.25) is 0 Å². The molecule has 9 nitrogen and oxygen atoms in total. The van der Waals surface area contributed by atoms with Crippen LogP contribution in [0, 0.1) is 0 Å². The van der Waals surface area contributed by atoms with Crippen LogP contribution in [0.3, 0.4) is 0 Å². The van der Waals surface area contributed by atoms with Crippen molar-refractivity contribution in [2.75, 3.05) is 58.5 Å². The first-order valence-corrected chi connectivity index (χ1v) is 12.8. The molecule has 1 unspecified atom stereocenters. The highest BCUT2D eigenvalue weighted by molar-refractivity contribution is 5.98. The molecule has 0 bridgehead atoms. The molecule has 1 atom stereocenters. The molecule has 0 amide bonds. The maximum Gasteiger partial charge on any atom is 0.338 e. The molecule has 2 aromatic carbocycles. The summed E-state index contributed by atoms with van der Waals surface area (Å²) in [4.78, 5) is 16.6. The summed E-state index contributed by atoms with van der Waals surface area (Å²) >= 11 is 0. The van der Waals surface area contributed by atoms with E-state index in [9.17, 15) is 9.90 Å². The molecule has 0 spiro atoms. The second kappa shape index (κ2) is 11.4. The zero-order valence-electron chi connectivity index (χ0n) is 21.4. The number of hydrogen-bond acceptors (Lipinski definition) is 9. The molecule has 9 heteroatoms. The van der Waals surface area contributed by atoms with Crippen LogP contribution in [0.25, 0.3) is 6.08 Å². The van der Waals surface area contributed by atoms with E-state index < -0.39 is 12.2 Å². The molecular weight excluding hydrogens is 474 g/mol. The van der Waals surface area contributed by atoms with Crippen molar-refractivity contribution >= 4 is 17.7 Å². The van der Waals surface area contributed by atoms with Gasteiger partial charge >= 0.3 is 5.97 Å². The minimum atomic E-state index is -1.07. The molecule has 1 saturated heterocycles. The summed E-state index contributed by atoms with van der Waals surface area (Å²) in [6.45, 7) is 5.27. The summed E-state index contributed by atoms with van der Waals surface area (Å²) in [6.07, 6.45) is 2.72. The lowest BCUT2D eigenvalue weighted by Crippen LogP contribution is -2.48. The number of carbonyl (C=O) groups excluding carboxylic acids is 1. The Morgan fingerprint density at radius 2 is 1.84 bits per heavy atom. The predicted molar refractivity (Wildman–Crippen MR) is 140 cm³/mol. The van der Waals surface area contributed by atoms with E-state index in [2.05, 4.69) is 22.3 Å². The van der Waals surface area contributed by atoms with Gasteiger partial charge in [0, 0.05) is 37.4 Å². The number of rotatable bonds is 8. The van der Waals surface area contributed by atoms with Gasteiger partial charge in [-0.3, -0.25) is 0 Å². The van der Waals surface area contributed by atoms with E-state index in [0.717, 1.165) is 61.8 Å². The monoisotopic (exact) mass is 509 g/mol. The van der Waals surface area contributed by atoms with Crippen molar-refractivity contribution in [3.05, 3.63) is 53.1 Å². The fourth-order valence-corrected chi connectivity index (χ4v) is 5.16. The Morgan fingerprint density at radius 3 is 2.59 bits per heavy atom. The largest absolute Gasteiger partial charge is 0.497 e. The Balaban J connectivity index is 1.15. The number of ether oxygens (including phenoxy) is 4. The lowest BCUT2D eigenvalue weighted by atomic mass is 10.00. The SMILES string of the molecule is COC(=O)C1=Cc2ccc(OC)cc2N(CCN2CCC(NCc3ccc4c(c3)OCCO4)CC2)C1O. The number of carbonyl (C=O) groups is 1. The van der Waals surface area contributed by atoms with E-state index in [-0.39, 0.29) is 5.57 Å².